The molecule has 8 nitrogen and oxygen atoms in total. The maximum atomic E-state index is 12.8. The summed E-state index contributed by atoms with van der Waals surface area (Å²) >= 11 is 6.06. The van der Waals surface area contributed by atoms with Crippen LogP contribution in [0.2, 0.25) is 5.02 Å². The van der Waals surface area contributed by atoms with Crippen molar-refractivity contribution in [2.75, 3.05) is 23.4 Å². The number of rotatable bonds is 8. The Balaban J connectivity index is 2.11. The molecule has 0 aliphatic heterocycles. The summed E-state index contributed by atoms with van der Waals surface area (Å²) in [4.78, 5) is 38.8. The van der Waals surface area contributed by atoms with Gasteiger partial charge in [0.25, 0.3) is 5.91 Å². The molecule has 0 unspecified atom stereocenters. The molecule has 0 fully saturated rings. The molecule has 0 saturated heterocycles. The molecule has 2 rings (SSSR count). The summed E-state index contributed by atoms with van der Waals surface area (Å²) < 4.78 is 5.22. The first-order chi connectivity index (χ1) is 15.2. The van der Waals surface area contributed by atoms with Crippen LogP contribution in [0.4, 0.5) is 16.2 Å². The second kappa shape index (κ2) is 11.7. The Labute approximate surface area is 192 Å². The summed E-state index contributed by atoms with van der Waals surface area (Å²) in [6, 6.07) is 12.9. The number of hydrogen-bond acceptors (Lipinski definition) is 5. The fourth-order valence-corrected chi connectivity index (χ4v) is 2.95. The molecule has 0 aliphatic carbocycles. The van der Waals surface area contributed by atoms with E-state index in [-0.39, 0.29) is 30.3 Å². The third-order valence-electron chi connectivity index (χ3n) is 4.34. The van der Waals surface area contributed by atoms with Crippen LogP contribution in [-0.4, -0.2) is 37.1 Å². The van der Waals surface area contributed by atoms with Crippen molar-refractivity contribution < 1.29 is 19.1 Å². The predicted octanol–water partition coefficient (Wildman–Crippen LogP) is 4.28. The van der Waals surface area contributed by atoms with Crippen LogP contribution in [-0.2, 0) is 9.53 Å². The van der Waals surface area contributed by atoms with Gasteiger partial charge in [-0.05, 0) is 56.7 Å². The largest absolute Gasteiger partial charge is 0.452 e. The van der Waals surface area contributed by atoms with Crippen molar-refractivity contribution in [3.63, 3.8) is 0 Å². The number of halogens is 1. The van der Waals surface area contributed by atoms with Crippen molar-refractivity contribution in [2.24, 2.45) is 0 Å². The molecular formula is C23H25ClN4O4. The van der Waals surface area contributed by atoms with Crippen LogP contribution in [0.5, 0.6) is 0 Å². The Morgan fingerprint density at radius 3 is 2.56 bits per heavy atom. The number of esters is 1. The number of urea groups is 1. The average molecular weight is 457 g/mol. The van der Waals surface area contributed by atoms with Gasteiger partial charge in [0.2, 0.25) is 0 Å². The number of ether oxygens (including phenoxy) is 1. The first-order valence-corrected chi connectivity index (χ1v) is 10.4. The lowest BCUT2D eigenvalue weighted by molar-refractivity contribution is -0.121. The molecule has 0 bridgehead atoms. The second-order valence-electron chi connectivity index (χ2n) is 7.26. The maximum absolute atomic E-state index is 12.8. The summed E-state index contributed by atoms with van der Waals surface area (Å²) in [5.74, 6) is -1.25. The molecular weight excluding hydrogens is 432 g/mol. The number of hydrogen-bond donors (Lipinski definition) is 2. The van der Waals surface area contributed by atoms with E-state index in [1.165, 1.54) is 11.0 Å². The molecule has 0 radical (unpaired) electrons. The molecule has 32 heavy (non-hydrogen) atoms. The monoisotopic (exact) mass is 456 g/mol. The van der Waals surface area contributed by atoms with Gasteiger partial charge < -0.3 is 20.3 Å². The van der Waals surface area contributed by atoms with E-state index in [1.807, 2.05) is 19.9 Å². The summed E-state index contributed by atoms with van der Waals surface area (Å²) in [7, 11) is 0. The van der Waals surface area contributed by atoms with Crippen molar-refractivity contribution in [1.29, 1.82) is 5.26 Å². The van der Waals surface area contributed by atoms with Gasteiger partial charge in [-0.25, -0.2) is 9.59 Å². The standard InChI is InChI=1S/C23H25ClN4O4/c1-15(2)26-23(31)27-20-8-5-4-7-18(20)22(30)32-14-21(29)28(12-6-11-25)17-9-10-19(24)16(3)13-17/h4-5,7-10,13,15H,6,12,14H2,1-3H3,(H2,26,27,31). The van der Waals surface area contributed by atoms with E-state index in [0.717, 1.165) is 5.56 Å². The van der Waals surface area contributed by atoms with Crippen molar-refractivity contribution in [3.05, 3.63) is 58.6 Å². The van der Waals surface area contributed by atoms with E-state index >= 15 is 0 Å². The summed E-state index contributed by atoms with van der Waals surface area (Å²) in [6.45, 7) is 5.04. The van der Waals surface area contributed by atoms with Crippen molar-refractivity contribution in [3.8, 4) is 6.07 Å². The molecule has 2 aromatic carbocycles. The Bertz CT molecular complexity index is 1030. The molecule has 2 aromatic rings. The quantitative estimate of drug-likeness (QED) is 0.576. The van der Waals surface area contributed by atoms with Crippen molar-refractivity contribution >= 4 is 40.9 Å². The second-order valence-corrected chi connectivity index (χ2v) is 7.67. The minimum atomic E-state index is -0.758. The van der Waals surface area contributed by atoms with Gasteiger partial charge in [-0.2, -0.15) is 5.26 Å². The van der Waals surface area contributed by atoms with E-state index in [9.17, 15) is 14.4 Å². The summed E-state index contributed by atoms with van der Waals surface area (Å²) in [6.07, 6.45) is 0.110. The fourth-order valence-electron chi connectivity index (χ4n) is 2.83. The maximum Gasteiger partial charge on any atom is 0.340 e. The number of para-hydroxylation sites is 1. The first-order valence-electron chi connectivity index (χ1n) is 10.00. The number of nitriles is 1. The molecule has 0 heterocycles. The molecule has 0 spiro atoms. The highest BCUT2D eigenvalue weighted by Crippen LogP contribution is 2.23. The van der Waals surface area contributed by atoms with Crippen LogP contribution in [0.15, 0.2) is 42.5 Å². The van der Waals surface area contributed by atoms with E-state index in [1.54, 1.807) is 43.3 Å². The number of aryl methyl sites for hydroxylation is 1. The number of carbonyl (C=O) groups excluding carboxylic acids is 3. The van der Waals surface area contributed by atoms with Crippen molar-refractivity contribution in [1.82, 2.24) is 5.32 Å². The molecule has 0 aliphatic rings. The zero-order valence-corrected chi connectivity index (χ0v) is 18.9. The minimum Gasteiger partial charge on any atom is -0.452 e. The predicted molar refractivity (Wildman–Crippen MR) is 123 cm³/mol. The molecule has 0 saturated carbocycles. The molecule has 3 amide bonds. The van der Waals surface area contributed by atoms with E-state index in [0.29, 0.717) is 10.7 Å². The van der Waals surface area contributed by atoms with E-state index in [2.05, 4.69) is 10.6 Å². The highest BCUT2D eigenvalue weighted by Gasteiger charge is 2.20. The number of carbonyl (C=O) groups is 3. The van der Waals surface area contributed by atoms with Crippen LogP contribution in [0, 0.1) is 18.3 Å². The van der Waals surface area contributed by atoms with Gasteiger partial charge in [-0.1, -0.05) is 23.7 Å². The number of amides is 3. The Morgan fingerprint density at radius 2 is 1.91 bits per heavy atom. The zero-order chi connectivity index (χ0) is 23.7. The molecule has 0 atom stereocenters. The summed E-state index contributed by atoms with van der Waals surface area (Å²) in [5, 5.41) is 14.8. The van der Waals surface area contributed by atoms with Crippen LogP contribution in [0.1, 0.15) is 36.2 Å². The third kappa shape index (κ3) is 7.00. The van der Waals surface area contributed by atoms with Gasteiger partial charge in [-0.3, -0.25) is 4.79 Å². The molecule has 9 heteroatoms. The molecule has 2 N–H and O–H groups in total. The first kappa shape index (κ1) is 24.7. The number of nitrogens with one attached hydrogen (secondary N) is 2. The lowest BCUT2D eigenvalue weighted by atomic mass is 10.2. The van der Waals surface area contributed by atoms with Gasteiger partial charge in [0, 0.05) is 23.3 Å². The lowest BCUT2D eigenvalue weighted by Crippen LogP contribution is -2.36. The number of benzene rings is 2. The normalized spacial score (nSPS) is 10.2. The van der Waals surface area contributed by atoms with Crippen LogP contribution in [0.3, 0.4) is 0 Å². The number of anilines is 2. The van der Waals surface area contributed by atoms with E-state index in [4.69, 9.17) is 21.6 Å². The van der Waals surface area contributed by atoms with Gasteiger partial charge in [0.1, 0.15) is 0 Å². The number of nitrogens with zero attached hydrogens (tertiary/aromatic N) is 2. The molecule has 0 aromatic heterocycles. The van der Waals surface area contributed by atoms with Gasteiger partial charge in [0.15, 0.2) is 6.61 Å². The van der Waals surface area contributed by atoms with Crippen LogP contribution >= 0.6 is 11.6 Å². The third-order valence-corrected chi connectivity index (χ3v) is 4.77. The Kier molecular flexibility index (Phi) is 9.05. The van der Waals surface area contributed by atoms with Gasteiger partial charge in [0.05, 0.1) is 23.7 Å². The fraction of sp³-hybridized carbons (Fsp3) is 0.304. The lowest BCUT2D eigenvalue weighted by Gasteiger charge is -2.22. The summed E-state index contributed by atoms with van der Waals surface area (Å²) in [5.41, 5.74) is 1.70. The SMILES string of the molecule is Cc1cc(N(CCC#N)C(=O)COC(=O)c2ccccc2NC(=O)NC(C)C)ccc1Cl. The zero-order valence-electron chi connectivity index (χ0n) is 18.1. The van der Waals surface area contributed by atoms with Crippen LogP contribution in [0.25, 0.3) is 0 Å². The Morgan fingerprint density at radius 1 is 1.19 bits per heavy atom. The van der Waals surface area contributed by atoms with Crippen LogP contribution < -0.4 is 15.5 Å². The van der Waals surface area contributed by atoms with E-state index < -0.39 is 24.5 Å². The highest BCUT2D eigenvalue weighted by molar-refractivity contribution is 6.31. The van der Waals surface area contributed by atoms with Gasteiger partial charge in [-0.15, -0.1) is 0 Å². The minimum absolute atomic E-state index is 0.0809. The smallest absolute Gasteiger partial charge is 0.340 e. The topological polar surface area (TPSA) is 112 Å². The van der Waals surface area contributed by atoms with Crippen molar-refractivity contribution in [2.45, 2.75) is 33.2 Å². The molecule has 168 valence electrons. The van der Waals surface area contributed by atoms with Gasteiger partial charge >= 0.3 is 12.0 Å². The Hall–Kier alpha value is -3.57. The highest BCUT2D eigenvalue weighted by atomic mass is 35.5. The average Bonchev–Trinajstić information content (AvgIpc) is 2.74.